The Morgan fingerprint density at radius 2 is 1.59 bits per heavy atom. The van der Waals surface area contributed by atoms with Crippen molar-refractivity contribution in [3.63, 3.8) is 0 Å². The molecule has 1 aromatic carbocycles. The Labute approximate surface area is 188 Å². The van der Waals surface area contributed by atoms with Crippen LogP contribution in [0, 0.1) is 5.82 Å². The van der Waals surface area contributed by atoms with Gasteiger partial charge in [0, 0.05) is 38.2 Å². The number of carbonyl (C=O) groups is 3. The molecule has 1 fully saturated rings. The number of pyridine rings is 1. The van der Waals surface area contributed by atoms with Gasteiger partial charge in [-0.15, -0.1) is 11.8 Å². The first-order chi connectivity index (χ1) is 15.2. The molecule has 1 aliphatic heterocycles. The zero-order valence-electron chi connectivity index (χ0n) is 17.6. The third-order valence-corrected chi connectivity index (χ3v) is 5.63. The third-order valence-electron chi connectivity index (χ3n) is 4.42. The largest absolute Gasteiger partial charge is 0.474 e. The Bertz CT molecular complexity index is 987. The van der Waals surface area contributed by atoms with Crippen molar-refractivity contribution in [2.75, 3.05) is 5.75 Å². The van der Waals surface area contributed by atoms with Gasteiger partial charge in [-0.05, 0) is 0 Å². The maximum Gasteiger partial charge on any atom is 0.303 e. The van der Waals surface area contributed by atoms with Gasteiger partial charge in [0.15, 0.2) is 29.6 Å². The van der Waals surface area contributed by atoms with Gasteiger partial charge in [-0.3, -0.25) is 14.4 Å². The first-order valence-corrected chi connectivity index (χ1v) is 10.8. The van der Waals surface area contributed by atoms with E-state index < -0.39 is 47.5 Å². The first kappa shape index (κ1) is 23.5. The number of rotatable bonds is 6. The van der Waals surface area contributed by atoms with Crippen LogP contribution in [-0.4, -0.2) is 52.4 Å². The van der Waals surface area contributed by atoms with Crippen molar-refractivity contribution in [3.8, 4) is 17.0 Å². The lowest BCUT2D eigenvalue weighted by Crippen LogP contribution is -2.55. The lowest BCUT2D eigenvalue weighted by atomic mass is 10.1. The molecule has 32 heavy (non-hydrogen) atoms. The van der Waals surface area contributed by atoms with Gasteiger partial charge in [-0.25, -0.2) is 9.37 Å². The topological polar surface area (TPSA) is 101 Å². The maximum atomic E-state index is 14.7. The molecule has 8 nitrogen and oxygen atoms in total. The second-order valence-electron chi connectivity index (χ2n) is 6.98. The summed E-state index contributed by atoms with van der Waals surface area (Å²) in [5.41, 5.74) is -0.0853. The molecule has 0 saturated carbocycles. The fraction of sp³-hybridized carbons (Fsp3) is 0.364. The van der Waals surface area contributed by atoms with Crippen LogP contribution in [-0.2, 0) is 28.6 Å². The predicted octanol–water partition coefficient (Wildman–Crippen LogP) is 3.13. The van der Waals surface area contributed by atoms with Crippen LogP contribution >= 0.6 is 11.8 Å². The summed E-state index contributed by atoms with van der Waals surface area (Å²) in [4.78, 5) is 39.0. The number of esters is 3. The van der Waals surface area contributed by atoms with E-state index in [1.54, 1.807) is 24.3 Å². The summed E-state index contributed by atoms with van der Waals surface area (Å²) < 4.78 is 36.5. The minimum atomic E-state index is -1.10. The number of thioether (sulfide) groups is 1. The molecule has 2 aromatic rings. The van der Waals surface area contributed by atoms with Gasteiger partial charge in [0.2, 0.25) is 0 Å². The van der Waals surface area contributed by atoms with Crippen molar-refractivity contribution in [1.82, 2.24) is 4.98 Å². The summed E-state index contributed by atoms with van der Waals surface area (Å²) in [6.45, 7) is 3.61. The van der Waals surface area contributed by atoms with E-state index in [0.717, 1.165) is 0 Å². The zero-order chi connectivity index (χ0) is 23.3. The number of carbonyl (C=O) groups excluding carboxylic acids is 3. The van der Waals surface area contributed by atoms with Crippen LogP contribution < -0.4 is 4.74 Å². The molecule has 1 aromatic heterocycles. The number of halogens is 1. The van der Waals surface area contributed by atoms with Gasteiger partial charge in [0.1, 0.15) is 11.4 Å². The summed E-state index contributed by atoms with van der Waals surface area (Å²) >= 11 is 1.18. The van der Waals surface area contributed by atoms with Crippen LogP contribution in [0.5, 0.6) is 5.75 Å². The number of hydrogen-bond acceptors (Lipinski definition) is 9. The number of nitrogens with zero attached hydrogens (tertiary/aromatic N) is 1. The predicted molar refractivity (Wildman–Crippen MR) is 113 cm³/mol. The molecule has 0 radical (unpaired) electrons. The molecule has 10 heteroatoms. The Kier molecular flexibility index (Phi) is 7.68. The zero-order valence-corrected chi connectivity index (χ0v) is 18.5. The van der Waals surface area contributed by atoms with Crippen molar-refractivity contribution in [3.05, 3.63) is 48.4 Å². The summed E-state index contributed by atoms with van der Waals surface area (Å²) in [5, 5.41) is 0. The highest BCUT2D eigenvalue weighted by Crippen LogP contribution is 2.35. The molecular weight excluding hydrogens is 441 g/mol. The van der Waals surface area contributed by atoms with Gasteiger partial charge < -0.3 is 18.9 Å². The minimum Gasteiger partial charge on any atom is -0.474 e. The van der Waals surface area contributed by atoms with Crippen LogP contribution in [0.2, 0.25) is 0 Å². The molecule has 0 unspecified atom stereocenters. The summed E-state index contributed by atoms with van der Waals surface area (Å²) in [7, 11) is 0. The van der Waals surface area contributed by atoms with Crippen LogP contribution in [0.1, 0.15) is 20.8 Å². The van der Waals surface area contributed by atoms with Crippen molar-refractivity contribution >= 4 is 29.7 Å². The SMILES string of the molecule is CC(=O)O[C@@H]1[C@@H](OC(C)=O)[C@@H](Oc2cnc(-c3ccccc3)c(F)c2)SC[C@H]1OC(C)=O. The van der Waals surface area contributed by atoms with Gasteiger partial charge in [-0.2, -0.15) is 0 Å². The van der Waals surface area contributed by atoms with E-state index in [0.29, 0.717) is 5.56 Å². The summed E-state index contributed by atoms with van der Waals surface area (Å²) in [5.74, 6) is -2.14. The lowest BCUT2D eigenvalue weighted by Gasteiger charge is -2.39. The lowest BCUT2D eigenvalue weighted by molar-refractivity contribution is -0.186. The highest BCUT2D eigenvalue weighted by molar-refractivity contribution is 7.99. The average Bonchev–Trinajstić information content (AvgIpc) is 2.72. The second-order valence-corrected chi connectivity index (χ2v) is 8.11. The van der Waals surface area contributed by atoms with Crippen LogP contribution in [0.4, 0.5) is 4.39 Å². The monoisotopic (exact) mass is 463 g/mol. The highest BCUT2D eigenvalue weighted by Gasteiger charge is 2.47. The molecule has 3 rings (SSSR count). The Hall–Kier alpha value is -3.14. The van der Waals surface area contributed by atoms with Crippen molar-refractivity contribution in [1.29, 1.82) is 0 Å². The third kappa shape index (κ3) is 5.97. The molecule has 0 N–H and O–H groups in total. The second kappa shape index (κ2) is 10.4. The number of benzene rings is 1. The van der Waals surface area contributed by atoms with Gasteiger partial charge >= 0.3 is 17.9 Å². The van der Waals surface area contributed by atoms with Crippen LogP contribution in [0.25, 0.3) is 11.3 Å². The van der Waals surface area contributed by atoms with Gasteiger partial charge in [-0.1, -0.05) is 30.3 Å². The summed E-state index contributed by atoms with van der Waals surface area (Å²) in [6.07, 6.45) is -1.68. The minimum absolute atomic E-state index is 0.101. The van der Waals surface area contributed by atoms with Gasteiger partial charge in [0.25, 0.3) is 0 Å². The molecular formula is C22H22FNO7S. The van der Waals surface area contributed by atoms with Crippen LogP contribution in [0.3, 0.4) is 0 Å². The number of ether oxygens (including phenoxy) is 4. The molecule has 170 valence electrons. The van der Waals surface area contributed by atoms with E-state index >= 15 is 0 Å². The Morgan fingerprint density at radius 1 is 0.969 bits per heavy atom. The molecule has 1 aliphatic rings. The van der Waals surface area contributed by atoms with Crippen molar-refractivity contribution < 1.29 is 37.7 Å². The van der Waals surface area contributed by atoms with E-state index in [2.05, 4.69) is 4.98 Å². The molecule has 2 heterocycles. The van der Waals surface area contributed by atoms with E-state index in [-0.39, 0.29) is 17.2 Å². The average molecular weight is 463 g/mol. The molecule has 0 bridgehead atoms. The fourth-order valence-corrected chi connectivity index (χ4v) is 4.45. The highest BCUT2D eigenvalue weighted by atomic mass is 32.2. The Morgan fingerprint density at radius 3 is 2.19 bits per heavy atom. The normalized spacial score (nSPS) is 22.5. The van der Waals surface area contributed by atoms with Crippen LogP contribution in [0.15, 0.2) is 42.6 Å². The Balaban J connectivity index is 1.85. The maximum absolute atomic E-state index is 14.7. The number of aromatic nitrogens is 1. The van der Waals surface area contributed by atoms with E-state index in [1.807, 2.05) is 6.07 Å². The molecule has 0 amide bonds. The van der Waals surface area contributed by atoms with E-state index in [4.69, 9.17) is 18.9 Å². The quantitative estimate of drug-likeness (QED) is 0.472. The summed E-state index contributed by atoms with van der Waals surface area (Å²) in [6, 6.07) is 10.0. The number of hydrogen-bond donors (Lipinski definition) is 0. The van der Waals surface area contributed by atoms with Crippen molar-refractivity contribution in [2.24, 2.45) is 0 Å². The van der Waals surface area contributed by atoms with E-state index in [1.165, 1.54) is 44.8 Å². The molecule has 1 saturated heterocycles. The smallest absolute Gasteiger partial charge is 0.303 e. The first-order valence-electron chi connectivity index (χ1n) is 9.75. The van der Waals surface area contributed by atoms with E-state index in [9.17, 15) is 18.8 Å². The fourth-order valence-electron chi connectivity index (χ4n) is 3.24. The molecule has 0 spiro atoms. The molecule has 4 atom stereocenters. The molecule has 0 aliphatic carbocycles. The standard InChI is InChI=1S/C22H22FNO7S/c1-12(25)28-18-11-32-22(21(30-14(3)27)20(18)29-13(2)26)31-16-9-17(23)19(24-10-16)15-7-5-4-6-8-15/h4-10,18,20-22H,11H2,1-3H3/t18-,20+,21-,22+/m1/s1. The van der Waals surface area contributed by atoms with Gasteiger partial charge in [0.05, 0.1) is 6.20 Å². The van der Waals surface area contributed by atoms with Crippen molar-refractivity contribution in [2.45, 2.75) is 44.5 Å².